The van der Waals surface area contributed by atoms with E-state index in [9.17, 15) is 4.79 Å². The van der Waals surface area contributed by atoms with Gasteiger partial charge in [-0.3, -0.25) is 4.79 Å². The normalized spacial score (nSPS) is 16.7. The third-order valence-electron chi connectivity index (χ3n) is 3.14. The number of benzene rings is 1. The zero-order valence-electron chi connectivity index (χ0n) is 11.1. The summed E-state index contributed by atoms with van der Waals surface area (Å²) in [5.41, 5.74) is 6.32. The minimum atomic E-state index is -0.474. The molecule has 0 bridgehead atoms. The second-order valence-corrected chi connectivity index (χ2v) is 6.20. The molecule has 1 aromatic rings. The highest BCUT2D eigenvalue weighted by molar-refractivity contribution is 8.00. The monoisotopic (exact) mass is 300 g/mol. The van der Waals surface area contributed by atoms with Gasteiger partial charge in [-0.1, -0.05) is 12.8 Å². The molecule has 1 atom stereocenters. The molecule has 1 aromatic carbocycles. The summed E-state index contributed by atoms with van der Waals surface area (Å²) < 4.78 is 0. The van der Waals surface area contributed by atoms with Gasteiger partial charge in [0.15, 0.2) is 0 Å². The van der Waals surface area contributed by atoms with Gasteiger partial charge in [0.1, 0.15) is 0 Å². The molecule has 0 spiro atoms. The Kier molecular flexibility index (Phi) is 6.69. The molecule has 3 nitrogen and oxygen atoms in total. The topological polar surface area (TPSA) is 55.1 Å². The second kappa shape index (κ2) is 7.78. The molecular formula is C14H21ClN2OS. The SMILES string of the molecule is CC(N)C(=O)Nc1ccc(SC2CCCC2)cc1.Cl. The Labute approximate surface area is 125 Å². The van der Waals surface area contributed by atoms with Gasteiger partial charge in [-0.05, 0) is 44.0 Å². The predicted octanol–water partition coefficient (Wildman–Crippen LogP) is 3.43. The average Bonchev–Trinajstić information content (AvgIpc) is 2.84. The number of rotatable bonds is 4. The highest BCUT2D eigenvalue weighted by Crippen LogP contribution is 2.34. The minimum Gasteiger partial charge on any atom is -0.325 e. The molecule has 0 aromatic heterocycles. The largest absolute Gasteiger partial charge is 0.325 e. The van der Waals surface area contributed by atoms with Crippen LogP contribution in [0.2, 0.25) is 0 Å². The van der Waals surface area contributed by atoms with E-state index in [0.29, 0.717) is 0 Å². The Morgan fingerprint density at radius 2 is 1.89 bits per heavy atom. The van der Waals surface area contributed by atoms with Crippen molar-refractivity contribution in [2.75, 3.05) is 5.32 Å². The summed E-state index contributed by atoms with van der Waals surface area (Å²) in [6, 6.07) is 7.55. The van der Waals surface area contributed by atoms with E-state index in [1.807, 2.05) is 23.9 Å². The Balaban J connectivity index is 0.00000180. The summed E-state index contributed by atoms with van der Waals surface area (Å²) in [5.74, 6) is -0.147. The van der Waals surface area contributed by atoms with Crippen molar-refractivity contribution in [2.24, 2.45) is 5.73 Å². The number of hydrogen-bond donors (Lipinski definition) is 2. The maximum atomic E-state index is 11.4. The van der Waals surface area contributed by atoms with Gasteiger partial charge in [-0.2, -0.15) is 0 Å². The molecular weight excluding hydrogens is 280 g/mol. The summed E-state index contributed by atoms with van der Waals surface area (Å²) in [4.78, 5) is 12.7. The fourth-order valence-corrected chi connectivity index (χ4v) is 3.32. The maximum absolute atomic E-state index is 11.4. The lowest BCUT2D eigenvalue weighted by molar-refractivity contribution is -0.117. The zero-order chi connectivity index (χ0) is 13.0. The molecule has 1 unspecified atom stereocenters. The first-order valence-corrected chi connectivity index (χ1v) is 7.36. The van der Waals surface area contributed by atoms with E-state index < -0.39 is 6.04 Å². The molecule has 1 aliphatic carbocycles. The second-order valence-electron chi connectivity index (χ2n) is 4.83. The molecule has 0 saturated heterocycles. The molecule has 0 aliphatic heterocycles. The molecule has 1 amide bonds. The Hall–Kier alpha value is -0.710. The Morgan fingerprint density at radius 1 is 1.32 bits per heavy atom. The number of carbonyl (C=O) groups is 1. The Bertz CT molecular complexity index is 402. The van der Waals surface area contributed by atoms with Crippen LogP contribution < -0.4 is 11.1 Å². The van der Waals surface area contributed by atoms with Crippen molar-refractivity contribution in [2.45, 2.75) is 48.8 Å². The number of anilines is 1. The summed E-state index contributed by atoms with van der Waals surface area (Å²) in [5, 5.41) is 3.56. The van der Waals surface area contributed by atoms with E-state index in [-0.39, 0.29) is 18.3 Å². The molecule has 0 heterocycles. The van der Waals surface area contributed by atoms with Gasteiger partial charge < -0.3 is 11.1 Å². The first-order valence-electron chi connectivity index (χ1n) is 6.48. The van der Waals surface area contributed by atoms with E-state index in [1.54, 1.807) is 6.92 Å². The van der Waals surface area contributed by atoms with Gasteiger partial charge in [-0.25, -0.2) is 0 Å². The molecule has 1 saturated carbocycles. The van der Waals surface area contributed by atoms with E-state index >= 15 is 0 Å². The summed E-state index contributed by atoms with van der Waals surface area (Å²) in [6.07, 6.45) is 5.38. The molecule has 1 aliphatic rings. The third-order valence-corrected chi connectivity index (χ3v) is 4.49. The lowest BCUT2D eigenvalue weighted by Gasteiger charge is -2.10. The van der Waals surface area contributed by atoms with Crippen LogP contribution in [0.1, 0.15) is 32.6 Å². The van der Waals surface area contributed by atoms with Crippen molar-refractivity contribution >= 4 is 35.8 Å². The molecule has 3 N–H and O–H groups in total. The van der Waals surface area contributed by atoms with Crippen LogP contribution >= 0.6 is 24.2 Å². The fourth-order valence-electron chi connectivity index (χ4n) is 2.07. The molecule has 106 valence electrons. The van der Waals surface area contributed by atoms with Gasteiger partial charge in [0, 0.05) is 15.8 Å². The first kappa shape index (κ1) is 16.3. The van der Waals surface area contributed by atoms with Gasteiger partial charge in [-0.15, -0.1) is 24.2 Å². The number of nitrogens with one attached hydrogen (secondary N) is 1. The van der Waals surface area contributed by atoms with Crippen molar-refractivity contribution in [3.63, 3.8) is 0 Å². The van der Waals surface area contributed by atoms with Gasteiger partial charge in [0.2, 0.25) is 5.91 Å². The van der Waals surface area contributed by atoms with E-state index in [0.717, 1.165) is 10.9 Å². The number of nitrogens with two attached hydrogens (primary N) is 1. The summed E-state index contributed by atoms with van der Waals surface area (Å²) in [6.45, 7) is 1.68. The van der Waals surface area contributed by atoms with E-state index in [1.165, 1.54) is 30.6 Å². The van der Waals surface area contributed by atoms with Crippen molar-refractivity contribution in [3.05, 3.63) is 24.3 Å². The van der Waals surface area contributed by atoms with Crippen LogP contribution in [0.15, 0.2) is 29.2 Å². The summed E-state index contributed by atoms with van der Waals surface area (Å²) in [7, 11) is 0. The Morgan fingerprint density at radius 3 is 2.42 bits per heavy atom. The van der Waals surface area contributed by atoms with Gasteiger partial charge >= 0.3 is 0 Å². The fraction of sp³-hybridized carbons (Fsp3) is 0.500. The van der Waals surface area contributed by atoms with Crippen molar-refractivity contribution in [1.29, 1.82) is 0 Å². The molecule has 0 radical (unpaired) electrons. The highest BCUT2D eigenvalue weighted by Gasteiger charge is 2.16. The number of thioether (sulfide) groups is 1. The molecule has 1 fully saturated rings. The number of hydrogen-bond acceptors (Lipinski definition) is 3. The van der Waals surface area contributed by atoms with Crippen LogP contribution in [0.25, 0.3) is 0 Å². The van der Waals surface area contributed by atoms with Crippen molar-refractivity contribution < 1.29 is 4.79 Å². The van der Waals surface area contributed by atoms with Gasteiger partial charge in [0.25, 0.3) is 0 Å². The van der Waals surface area contributed by atoms with Crippen LogP contribution in [-0.4, -0.2) is 17.2 Å². The summed E-state index contributed by atoms with van der Waals surface area (Å²) >= 11 is 1.95. The molecule has 2 rings (SSSR count). The number of carbonyl (C=O) groups excluding carboxylic acids is 1. The molecule has 19 heavy (non-hydrogen) atoms. The van der Waals surface area contributed by atoms with Crippen molar-refractivity contribution in [3.8, 4) is 0 Å². The maximum Gasteiger partial charge on any atom is 0.240 e. The van der Waals surface area contributed by atoms with Crippen LogP contribution in [0, 0.1) is 0 Å². The van der Waals surface area contributed by atoms with Crippen LogP contribution in [0.5, 0.6) is 0 Å². The first-order chi connectivity index (χ1) is 8.65. The molecule has 5 heteroatoms. The lowest BCUT2D eigenvalue weighted by atomic mass is 10.3. The quantitative estimate of drug-likeness (QED) is 0.896. The van der Waals surface area contributed by atoms with Gasteiger partial charge in [0.05, 0.1) is 6.04 Å². The third kappa shape index (κ3) is 5.05. The highest BCUT2D eigenvalue weighted by atomic mass is 35.5. The number of amides is 1. The smallest absolute Gasteiger partial charge is 0.240 e. The van der Waals surface area contributed by atoms with E-state index in [4.69, 9.17) is 5.73 Å². The van der Waals surface area contributed by atoms with Crippen molar-refractivity contribution in [1.82, 2.24) is 0 Å². The van der Waals surface area contributed by atoms with Crippen LogP contribution in [0.3, 0.4) is 0 Å². The zero-order valence-corrected chi connectivity index (χ0v) is 12.7. The van der Waals surface area contributed by atoms with Crippen LogP contribution in [0.4, 0.5) is 5.69 Å². The standard InChI is InChI=1S/C14H20N2OS.ClH/c1-10(15)14(17)16-11-6-8-13(9-7-11)18-12-4-2-3-5-12;/h6-10,12H,2-5,15H2,1H3,(H,16,17);1H. The van der Waals surface area contributed by atoms with Crippen LogP contribution in [-0.2, 0) is 4.79 Å². The lowest BCUT2D eigenvalue weighted by Crippen LogP contribution is -2.32. The average molecular weight is 301 g/mol. The minimum absolute atomic E-state index is 0. The predicted molar refractivity (Wildman–Crippen MR) is 84.1 cm³/mol. The number of halogens is 1. The van der Waals surface area contributed by atoms with E-state index in [2.05, 4.69) is 17.4 Å².